The number of carbonyl (C=O) groups is 1. The first-order valence-corrected chi connectivity index (χ1v) is 9.09. The number of para-hydroxylation sites is 1. The number of H-pyrrole nitrogens is 1. The fourth-order valence-corrected chi connectivity index (χ4v) is 2.92. The van der Waals surface area contributed by atoms with Gasteiger partial charge in [0, 0.05) is 49.6 Å². The minimum absolute atomic E-state index is 0.198. The van der Waals surface area contributed by atoms with Gasteiger partial charge in [-0.05, 0) is 37.5 Å². The summed E-state index contributed by atoms with van der Waals surface area (Å²) in [7, 11) is 1.64. The van der Waals surface area contributed by atoms with E-state index in [0.717, 1.165) is 24.1 Å². The van der Waals surface area contributed by atoms with Crippen molar-refractivity contribution in [3.8, 4) is 0 Å². The summed E-state index contributed by atoms with van der Waals surface area (Å²) in [5.74, 6) is 0.271. The first-order valence-electron chi connectivity index (χ1n) is 9.09. The predicted molar refractivity (Wildman–Crippen MR) is 106 cm³/mol. The molecule has 2 heterocycles. The van der Waals surface area contributed by atoms with Crippen molar-refractivity contribution in [3.05, 3.63) is 53.5 Å². The smallest absolute Gasteiger partial charge is 0.270 e. The Labute approximate surface area is 158 Å². The second-order valence-corrected chi connectivity index (χ2v) is 6.36. The van der Waals surface area contributed by atoms with Gasteiger partial charge in [0.15, 0.2) is 0 Å². The molecule has 3 rings (SSSR count). The van der Waals surface area contributed by atoms with Crippen molar-refractivity contribution in [1.29, 1.82) is 0 Å². The van der Waals surface area contributed by atoms with E-state index in [9.17, 15) is 4.79 Å². The van der Waals surface area contributed by atoms with Gasteiger partial charge in [-0.2, -0.15) is 0 Å². The normalized spacial score (nSPS) is 10.9. The van der Waals surface area contributed by atoms with Crippen molar-refractivity contribution >= 4 is 22.8 Å². The number of benzene rings is 1. The molecule has 0 spiro atoms. The molecule has 0 aliphatic carbocycles. The van der Waals surface area contributed by atoms with Crippen LogP contribution in [0, 0.1) is 6.92 Å². The summed E-state index contributed by atoms with van der Waals surface area (Å²) in [4.78, 5) is 24.2. The Morgan fingerprint density at radius 1 is 1.22 bits per heavy atom. The number of rotatable bonds is 9. The molecular formula is C20H25N5O2. The van der Waals surface area contributed by atoms with E-state index in [1.54, 1.807) is 13.2 Å². The lowest BCUT2D eigenvalue weighted by Crippen LogP contribution is -2.26. The Kier molecular flexibility index (Phi) is 6.38. The third-order valence-corrected chi connectivity index (χ3v) is 4.25. The number of aromatic amines is 1. The van der Waals surface area contributed by atoms with E-state index in [0.29, 0.717) is 31.3 Å². The van der Waals surface area contributed by atoms with Crippen molar-refractivity contribution in [3.63, 3.8) is 0 Å². The van der Waals surface area contributed by atoms with Crippen LogP contribution < -0.4 is 10.6 Å². The summed E-state index contributed by atoms with van der Waals surface area (Å²) < 4.78 is 4.98. The monoisotopic (exact) mass is 367 g/mol. The third-order valence-electron chi connectivity index (χ3n) is 4.25. The third kappa shape index (κ3) is 5.04. The summed E-state index contributed by atoms with van der Waals surface area (Å²) in [5.41, 5.74) is 3.49. The van der Waals surface area contributed by atoms with Gasteiger partial charge in [-0.1, -0.05) is 18.2 Å². The van der Waals surface area contributed by atoms with E-state index in [-0.39, 0.29) is 5.91 Å². The highest BCUT2D eigenvalue weighted by Crippen LogP contribution is 2.18. The highest BCUT2D eigenvalue weighted by molar-refractivity contribution is 5.92. The maximum atomic E-state index is 12.2. The van der Waals surface area contributed by atoms with Crippen molar-refractivity contribution in [2.45, 2.75) is 19.8 Å². The number of carbonyl (C=O) groups excluding carboxylic acids is 1. The second-order valence-electron chi connectivity index (χ2n) is 6.36. The number of ether oxygens (including phenoxy) is 1. The maximum Gasteiger partial charge on any atom is 0.270 e. The number of nitrogens with one attached hydrogen (secondary N) is 3. The largest absolute Gasteiger partial charge is 0.385 e. The average Bonchev–Trinajstić information content (AvgIpc) is 3.08. The topological polar surface area (TPSA) is 91.9 Å². The van der Waals surface area contributed by atoms with Crippen LogP contribution >= 0.6 is 0 Å². The fraction of sp³-hybridized carbons (Fsp3) is 0.350. The Morgan fingerprint density at radius 3 is 2.93 bits per heavy atom. The molecule has 0 radical (unpaired) electrons. The van der Waals surface area contributed by atoms with Crippen LogP contribution in [0.25, 0.3) is 10.9 Å². The van der Waals surface area contributed by atoms with E-state index in [4.69, 9.17) is 4.74 Å². The predicted octanol–water partition coefficient (Wildman–Crippen LogP) is 2.69. The van der Waals surface area contributed by atoms with Gasteiger partial charge in [-0.25, -0.2) is 9.97 Å². The first kappa shape index (κ1) is 18.8. The molecule has 3 aromatic rings. The standard InChI is InChI=1S/C20H25N5O2/c1-14-12-18(19(26)21-9-5-11-27-2)25-20(24-14)22-10-8-15-13-23-17-7-4-3-6-16(15)17/h3-4,6-7,12-13,23H,5,8-11H2,1-2H3,(H,21,26)(H,22,24,25). The van der Waals surface area contributed by atoms with Crippen LogP contribution in [0.5, 0.6) is 0 Å². The molecular weight excluding hydrogens is 342 g/mol. The fourth-order valence-electron chi connectivity index (χ4n) is 2.92. The van der Waals surface area contributed by atoms with Gasteiger partial charge in [0.05, 0.1) is 0 Å². The molecule has 142 valence electrons. The minimum atomic E-state index is -0.198. The molecule has 1 aromatic carbocycles. The number of hydrogen-bond acceptors (Lipinski definition) is 5. The first-order chi connectivity index (χ1) is 13.2. The van der Waals surface area contributed by atoms with Gasteiger partial charge < -0.3 is 20.4 Å². The molecule has 0 atom stereocenters. The molecule has 3 N–H and O–H groups in total. The Bertz CT molecular complexity index is 906. The van der Waals surface area contributed by atoms with Crippen LogP contribution in [0.1, 0.15) is 28.2 Å². The SMILES string of the molecule is COCCCNC(=O)c1cc(C)nc(NCCc2c[nH]c3ccccc23)n1. The van der Waals surface area contributed by atoms with Crippen LogP contribution in [0.4, 0.5) is 5.95 Å². The van der Waals surface area contributed by atoms with Gasteiger partial charge in [0.25, 0.3) is 5.91 Å². The number of amides is 1. The van der Waals surface area contributed by atoms with Gasteiger partial charge in [0.2, 0.25) is 5.95 Å². The van der Waals surface area contributed by atoms with Gasteiger partial charge in [0.1, 0.15) is 5.69 Å². The summed E-state index contributed by atoms with van der Waals surface area (Å²) >= 11 is 0. The van der Waals surface area contributed by atoms with E-state index < -0.39 is 0 Å². The highest BCUT2D eigenvalue weighted by atomic mass is 16.5. The molecule has 27 heavy (non-hydrogen) atoms. The molecule has 7 nitrogen and oxygen atoms in total. The number of nitrogens with zero attached hydrogens (tertiary/aromatic N) is 2. The molecule has 2 aromatic heterocycles. The lowest BCUT2D eigenvalue weighted by Gasteiger charge is -2.09. The van der Waals surface area contributed by atoms with Crippen molar-refractivity contribution in [2.24, 2.45) is 0 Å². The van der Waals surface area contributed by atoms with Gasteiger partial charge in [-0.15, -0.1) is 0 Å². The molecule has 0 unspecified atom stereocenters. The molecule has 0 fully saturated rings. The number of aromatic nitrogens is 3. The molecule has 0 bridgehead atoms. The molecule has 0 aliphatic rings. The summed E-state index contributed by atoms with van der Waals surface area (Å²) in [5, 5.41) is 7.29. The van der Waals surface area contributed by atoms with Crippen LogP contribution in [0.3, 0.4) is 0 Å². The van der Waals surface area contributed by atoms with Crippen molar-refractivity contribution in [1.82, 2.24) is 20.3 Å². The van der Waals surface area contributed by atoms with Crippen molar-refractivity contribution < 1.29 is 9.53 Å². The average molecular weight is 367 g/mol. The molecule has 0 aliphatic heterocycles. The van der Waals surface area contributed by atoms with E-state index in [1.807, 2.05) is 25.3 Å². The summed E-state index contributed by atoms with van der Waals surface area (Å²) in [6.07, 6.45) is 3.63. The number of hydrogen-bond donors (Lipinski definition) is 3. The zero-order valence-electron chi connectivity index (χ0n) is 15.7. The van der Waals surface area contributed by atoms with Crippen LogP contribution in [-0.2, 0) is 11.2 Å². The Balaban J connectivity index is 1.58. The van der Waals surface area contributed by atoms with Gasteiger partial charge >= 0.3 is 0 Å². The van der Waals surface area contributed by atoms with Crippen molar-refractivity contribution in [2.75, 3.05) is 32.1 Å². The summed E-state index contributed by atoms with van der Waals surface area (Å²) in [6, 6.07) is 9.91. The number of aryl methyl sites for hydroxylation is 1. The molecule has 7 heteroatoms. The van der Waals surface area contributed by atoms with Crippen LogP contribution in [0.15, 0.2) is 36.5 Å². The lowest BCUT2D eigenvalue weighted by molar-refractivity contribution is 0.0943. The van der Waals surface area contributed by atoms with Crippen LogP contribution in [0.2, 0.25) is 0 Å². The van der Waals surface area contributed by atoms with E-state index in [2.05, 4.69) is 37.7 Å². The zero-order chi connectivity index (χ0) is 19.1. The minimum Gasteiger partial charge on any atom is -0.385 e. The summed E-state index contributed by atoms with van der Waals surface area (Å²) in [6.45, 7) is 3.71. The van der Waals surface area contributed by atoms with Crippen LogP contribution in [-0.4, -0.2) is 47.7 Å². The number of anilines is 1. The highest BCUT2D eigenvalue weighted by Gasteiger charge is 2.10. The number of methoxy groups -OCH3 is 1. The maximum absolute atomic E-state index is 12.2. The Hall–Kier alpha value is -2.93. The molecule has 0 saturated heterocycles. The van der Waals surface area contributed by atoms with Gasteiger partial charge in [-0.3, -0.25) is 4.79 Å². The zero-order valence-corrected chi connectivity index (χ0v) is 15.7. The second kappa shape index (κ2) is 9.14. The molecule has 1 amide bonds. The Morgan fingerprint density at radius 2 is 2.07 bits per heavy atom. The van der Waals surface area contributed by atoms with E-state index in [1.165, 1.54) is 10.9 Å². The quantitative estimate of drug-likeness (QED) is 0.506. The number of fused-ring (bicyclic) bond motifs is 1. The molecule has 0 saturated carbocycles. The van der Waals surface area contributed by atoms with E-state index >= 15 is 0 Å². The lowest BCUT2D eigenvalue weighted by atomic mass is 10.1.